The van der Waals surface area contributed by atoms with Gasteiger partial charge in [-0.1, -0.05) is 17.3 Å². The van der Waals surface area contributed by atoms with Gasteiger partial charge in [-0.05, 0) is 24.1 Å². The molecular formula is C15H18F3N5O2. The molecule has 2 rings (SSSR count). The number of nitrogens with one attached hydrogen (secondary N) is 1. The fraction of sp³-hybridized carbons (Fsp3) is 0.400. The van der Waals surface area contributed by atoms with Gasteiger partial charge in [-0.15, -0.1) is 5.10 Å². The van der Waals surface area contributed by atoms with Crippen molar-refractivity contribution in [2.24, 2.45) is 0 Å². The average molecular weight is 357 g/mol. The van der Waals surface area contributed by atoms with Crippen LogP contribution in [0.4, 0.5) is 23.8 Å². The van der Waals surface area contributed by atoms with Gasteiger partial charge in [0.1, 0.15) is 0 Å². The third kappa shape index (κ3) is 5.45. The Balaban J connectivity index is 1.94. The van der Waals surface area contributed by atoms with Crippen LogP contribution >= 0.6 is 0 Å². The molecule has 0 atom stereocenters. The Hall–Kier alpha value is -2.62. The van der Waals surface area contributed by atoms with E-state index in [4.69, 9.17) is 5.11 Å². The summed E-state index contributed by atoms with van der Waals surface area (Å²) in [5, 5.41) is 18.9. The summed E-state index contributed by atoms with van der Waals surface area (Å²) in [5.41, 5.74) is -0.0930. The number of anilines is 1. The number of hydrogen-bond acceptors (Lipinski definition) is 4. The zero-order valence-corrected chi connectivity index (χ0v) is 13.5. The first-order valence-corrected chi connectivity index (χ1v) is 7.49. The van der Waals surface area contributed by atoms with Gasteiger partial charge in [0.15, 0.2) is 5.82 Å². The zero-order valence-electron chi connectivity index (χ0n) is 13.5. The number of nitrogens with zero attached hydrogens (tertiary/aromatic N) is 4. The molecule has 0 spiro atoms. The topological polar surface area (TPSA) is 83.3 Å². The molecule has 0 aliphatic carbocycles. The molecular weight excluding hydrogens is 339 g/mol. The molecule has 1 aromatic carbocycles. The third-order valence-corrected chi connectivity index (χ3v) is 3.40. The van der Waals surface area contributed by atoms with Crippen LogP contribution in [0.5, 0.6) is 0 Å². The van der Waals surface area contributed by atoms with Gasteiger partial charge >= 0.3 is 12.2 Å². The molecule has 0 aliphatic heterocycles. The lowest BCUT2D eigenvalue weighted by molar-refractivity contribution is -0.137. The molecule has 136 valence electrons. The summed E-state index contributed by atoms with van der Waals surface area (Å²) >= 11 is 0. The van der Waals surface area contributed by atoms with Crippen molar-refractivity contribution in [3.8, 4) is 0 Å². The van der Waals surface area contributed by atoms with Gasteiger partial charge in [-0.25, -0.2) is 9.48 Å². The lowest BCUT2D eigenvalue weighted by atomic mass is 10.1. The Bertz CT molecular complexity index is 700. The van der Waals surface area contributed by atoms with Gasteiger partial charge in [-0.2, -0.15) is 13.2 Å². The standard InChI is InChI=1S/C15H18F3N5O2/c1-22(7-2-8-24)14(25)19-13-10-23(21-20-13)9-11-3-5-12(6-4-11)15(16,17)18/h3-6,10,24H,2,7-9H2,1H3,(H,19,25). The summed E-state index contributed by atoms with van der Waals surface area (Å²) < 4.78 is 39.0. The first-order valence-electron chi connectivity index (χ1n) is 7.49. The van der Waals surface area contributed by atoms with Crippen LogP contribution in [0.25, 0.3) is 0 Å². The van der Waals surface area contributed by atoms with Crippen molar-refractivity contribution in [2.75, 3.05) is 25.5 Å². The Kier molecular flexibility index (Phi) is 5.97. The molecule has 0 fully saturated rings. The molecule has 10 heteroatoms. The highest BCUT2D eigenvalue weighted by atomic mass is 19.4. The summed E-state index contributed by atoms with van der Waals surface area (Å²) in [6.45, 7) is 0.602. The largest absolute Gasteiger partial charge is 0.416 e. The number of aromatic nitrogens is 3. The molecule has 25 heavy (non-hydrogen) atoms. The molecule has 0 aliphatic rings. The summed E-state index contributed by atoms with van der Waals surface area (Å²) in [5.74, 6) is 0.229. The van der Waals surface area contributed by atoms with E-state index in [-0.39, 0.29) is 19.0 Å². The van der Waals surface area contributed by atoms with Gasteiger partial charge in [-0.3, -0.25) is 5.32 Å². The SMILES string of the molecule is CN(CCCO)C(=O)Nc1cn(Cc2ccc(C(F)(F)F)cc2)nn1. The number of hydrogen-bond donors (Lipinski definition) is 2. The van der Waals surface area contributed by atoms with Crippen LogP contribution in [0.2, 0.25) is 0 Å². The number of rotatable bonds is 6. The second kappa shape index (κ2) is 7.97. The zero-order chi connectivity index (χ0) is 18.4. The molecule has 1 aromatic heterocycles. The minimum atomic E-state index is -4.37. The molecule has 0 unspecified atom stereocenters. The Labute approximate surface area is 142 Å². The monoisotopic (exact) mass is 357 g/mol. The number of aliphatic hydroxyl groups excluding tert-OH is 1. The smallest absolute Gasteiger partial charge is 0.396 e. The van der Waals surface area contributed by atoms with E-state index in [1.54, 1.807) is 7.05 Å². The Morgan fingerprint density at radius 3 is 2.60 bits per heavy atom. The second-order valence-electron chi connectivity index (χ2n) is 5.42. The number of carbonyl (C=O) groups excluding carboxylic acids is 1. The van der Waals surface area contributed by atoms with E-state index < -0.39 is 17.8 Å². The fourth-order valence-electron chi connectivity index (χ4n) is 2.03. The van der Waals surface area contributed by atoms with E-state index in [9.17, 15) is 18.0 Å². The van der Waals surface area contributed by atoms with Crippen molar-refractivity contribution in [1.82, 2.24) is 19.9 Å². The van der Waals surface area contributed by atoms with Crippen LogP contribution in [-0.4, -0.2) is 51.2 Å². The fourth-order valence-corrected chi connectivity index (χ4v) is 2.03. The summed E-state index contributed by atoms with van der Waals surface area (Å²) in [4.78, 5) is 13.3. The molecule has 0 saturated carbocycles. The van der Waals surface area contributed by atoms with Crippen molar-refractivity contribution >= 4 is 11.8 Å². The second-order valence-corrected chi connectivity index (χ2v) is 5.42. The van der Waals surface area contributed by atoms with E-state index in [0.717, 1.165) is 12.1 Å². The summed E-state index contributed by atoms with van der Waals surface area (Å²) in [6.07, 6.45) is -2.43. The number of halogens is 3. The molecule has 7 nitrogen and oxygen atoms in total. The maximum Gasteiger partial charge on any atom is 0.416 e. The highest BCUT2D eigenvalue weighted by Crippen LogP contribution is 2.29. The van der Waals surface area contributed by atoms with E-state index in [0.29, 0.717) is 18.5 Å². The van der Waals surface area contributed by atoms with Gasteiger partial charge in [0.2, 0.25) is 0 Å². The van der Waals surface area contributed by atoms with Crippen molar-refractivity contribution in [2.45, 2.75) is 19.1 Å². The van der Waals surface area contributed by atoms with Crippen LogP contribution in [-0.2, 0) is 12.7 Å². The molecule has 2 N–H and O–H groups in total. The quantitative estimate of drug-likeness (QED) is 0.830. The van der Waals surface area contributed by atoms with E-state index >= 15 is 0 Å². The predicted molar refractivity (Wildman–Crippen MR) is 83.9 cm³/mol. The van der Waals surface area contributed by atoms with Crippen molar-refractivity contribution < 1.29 is 23.1 Å². The number of amides is 2. The van der Waals surface area contributed by atoms with Crippen molar-refractivity contribution in [3.63, 3.8) is 0 Å². The van der Waals surface area contributed by atoms with E-state index in [1.165, 1.54) is 27.9 Å². The lowest BCUT2D eigenvalue weighted by Crippen LogP contribution is -2.32. The molecule has 0 saturated heterocycles. The summed E-state index contributed by atoms with van der Waals surface area (Å²) in [6, 6.07) is 4.35. The summed E-state index contributed by atoms with van der Waals surface area (Å²) in [7, 11) is 1.58. The minimum absolute atomic E-state index is 0.0130. The highest BCUT2D eigenvalue weighted by Gasteiger charge is 2.29. The molecule has 0 bridgehead atoms. The normalized spacial score (nSPS) is 11.4. The number of alkyl halides is 3. The number of benzene rings is 1. The first kappa shape index (κ1) is 18.7. The maximum atomic E-state index is 12.5. The van der Waals surface area contributed by atoms with Gasteiger partial charge in [0, 0.05) is 20.2 Å². The van der Waals surface area contributed by atoms with Gasteiger partial charge < -0.3 is 10.0 Å². The van der Waals surface area contributed by atoms with Gasteiger partial charge in [0.25, 0.3) is 0 Å². The van der Waals surface area contributed by atoms with Crippen LogP contribution in [0, 0.1) is 0 Å². The molecule has 2 amide bonds. The third-order valence-electron chi connectivity index (χ3n) is 3.40. The Morgan fingerprint density at radius 2 is 2.00 bits per heavy atom. The minimum Gasteiger partial charge on any atom is -0.396 e. The van der Waals surface area contributed by atoms with Crippen LogP contribution < -0.4 is 5.32 Å². The van der Waals surface area contributed by atoms with Crippen LogP contribution in [0.1, 0.15) is 17.5 Å². The number of carbonyl (C=O) groups is 1. The lowest BCUT2D eigenvalue weighted by Gasteiger charge is -2.15. The van der Waals surface area contributed by atoms with Gasteiger partial charge in [0.05, 0.1) is 18.3 Å². The van der Waals surface area contributed by atoms with Crippen LogP contribution in [0.3, 0.4) is 0 Å². The highest BCUT2D eigenvalue weighted by molar-refractivity contribution is 5.87. The Morgan fingerprint density at radius 1 is 1.32 bits per heavy atom. The van der Waals surface area contributed by atoms with Crippen molar-refractivity contribution in [3.05, 3.63) is 41.6 Å². The number of aliphatic hydroxyl groups is 1. The van der Waals surface area contributed by atoms with E-state index in [1.807, 2.05) is 0 Å². The predicted octanol–water partition coefficient (Wildman–Crippen LogP) is 2.19. The molecule has 2 aromatic rings. The molecule has 1 heterocycles. The maximum absolute atomic E-state index is 12.5. The molecule has 0 radical (unpaired) electrons. The first-order chi connectivity index (χ1) is 11.8. The van der Waals surface area contributed by atoms with E-state index in [2.05, 4.69) is 15.6 Å². The van der Waals surface area contributed by atoms with Crippen molar-refractivity contribution in [1.29, 1.82) is 0 Å². The average Bonchev–Trinajstić information content (AvgIpc) is 2.99. The van der Waals surface area contributed by atoms with Crippen LogP contribution in [0.15, 0.2) is 30.5 Å². The number of urea groups is 1.